The Kier molecular flexibility index (Phi) is 8.12. The number of likely N-dealkylation sites (N-methyl/N-ethyl adjacent to an activating group) is 1. The molecule has 232 valence electrons. The lowest BCUT2D eigenvalue weighted by molar-refractivity contribution is -0.0176. The van der Waals surface area contributed by atoms with Crippen molar-refractivity contribution in [1.82, 2.24) is 14.9 Å². The number of carbonyl (C=O) groups excluding carboxylic acids is 2. The Morgan fingerprint density at radius 1 is 0.652 bits per heavy atom. The molecule has 3 heterocycles. The second-order valence-electron chi connectivity index (χ2n) is 10.8. The summed E-state index contributed by atoms with van der Waals surface area (Å²) in [6, 6.07) is 19.6. The minimum Gasteiger partial charge on any atom is -0.453 e. The van der Waals surface area contributed by atoms with Crippen LogP contribution in [0.25, 0.3) is 45.1 Å². The van der Waals surface area contributed by atoms with Crippen molar-refractivity contribution in [2.45, 2.75) is 12.2 Å². The van der Waals surface area contributed by atoms with Crippen molar-refractivity contribution in [2.75, 3.05) is 20.1 Å². The zero-order valence-electron chi connectivity index (χ0n) is 23.8. The molecule has 2 atom stereocenters. The molecule has 0 aliphatic carbocycles. The van der Waals surface area contributed by atoms with Gasteiger partial charge in [-0.1, -0.05) is 46.4 Å². The number of benzene rings is 4. The highest BCUT2D eigenvalue weighted by molar-refractivity contribution is 6.35. The van der Waals surface area contributed by atoms with Crippen molar-refractivity contribution < 1.29 is 27.9 Å². The molecule has 13 heteroatoms. The average Bonchev–Trinajstić information content (AvgIpc) is 3.71. The van der Waals surface area contributed by atoms with Crippen LogP contribution in [0.1, 0.15) is 20.7 Å². The highest BCUT2D eigenvalue weighted by Crippen LogP contribution is 2.32. The number of halogens is 4. The standard InChI is InChI=1S/C33H21Cl4N3O6/c1-40-14-28(45-32(41)16-2-4-24-26(10-16)43-30(38-24)18-6-20(34)12-21(35)7-18)29(15-40)46-33(42)17-3-5-25-27(11-17)44-31(39-25)19-8-22(36)13-23(37)9-19/h2-13,28-29H,14-15H2,1H3/t28-,29-/m0/s1. The van der Waals surface area contributed by atoms with E-state index in [1.807, 2.05) is 11.9 Å². The van der Waals surface area contributed by atoms with Crippen molar-refractivity contribution in [1.29, 1.82) is 0 Å². The molecule has 1 aliphatic rings. The molecule has 1 fully saturated rings. The lowest BCUT2D eigenvalue weighted by atomic mass is 10.2. The number of carbonyl (C=O) groups is 2. The number of ether oxygens (including phenoxy) is 2. The lowest BCUT2D eigenvalue weighted by Gasteiger charge is -2.19. The number of esters is 2. The zero-order valence-corrected chi connectivity index (χ0v) is 26.8. The Hall–Kier alpha value is -4.12. The van der Waals surface area contributed by atoms with Crippen LogP contribution in [0.5, 0.6) is 0 Å². The van der Waals surface area contributed by atoms with Crippen LogP contribution in [-0.2, 0) is 9.47 Å². The maximum Gasteiger partial charge on any atom is 0.338 e. The first kappa shape index (κ1) is 30.5. The molecule has 0 amide bonds. The maximum absolute atomic E-state index is 13.2. The molecule has 0 spiro atoms. The second kappa shape index (κ2) is 12.2. The lowest BCUT2D eigenvalue weighted by Crippen LogP contribution is -2.34. The summed E-state index contributed by atoms with van der Waals surface area (Å²) in [6.07, 6.45) is -1.41. The van der Waals surface area contributed by atoms with Crippen LogP contribution in [-0.4, -0.2) is 59.2 Å². The Morgan fingerprint density at radius 3 is 1.43 bits per heavy atom. The first-order valence-electron chi connectivity index (χ1n) is 13.9. The topological polar surface area (TPSA) is 108 Å². The molecule has 1 aliphatic heterocycles. The number of oxazole rings is 2. The van der Waals surface area contributed by atoms with Crippen molar-refractivity contribution in [2.24, 2.45) is 0 Å². The summed E-state index contributed by atoms with van der Waals surface area (Å²) in [7, 11) is 1.85. The summed E-state index contributed by atoms with van der Waals surface area (Å²) < 4.78 is 23.4. The van der Waals surface area contributed by atoms with E-state index in [0.717, 1.165) is 0 Å². The van der Waals surface area contributed by atoms with E-state index in [-0.39, 0.29) is 11.1 Å². The molecule has 1 saturated heterocycles. The van der Waals surface area contributed by atoms with Gasteiger partial charge < -0.3 is 18.3 Å². The van der Waals surface area contributed by atoms with Crippen LogP contribution in [0, 0.1) is 0 Å². The third kappa shape index (κ3) is 6.29. The SMILES string of the molecule is CN1C[C@H](OC(=O)c2ccc3nc(-c4cc(Cl)cc(Cl)c4)oc3c2)[C@@H](OC(=O)c2ccc3nc(-c4cc(Cl)cc(Cl)c4)oc3c2)C1. The highest BCUT2D eigenvalue weighted by Gasteiger charge is 2.37. The fraction of sp³-hybridized carbons (Fsp3) is 0.152. The van der Waals surface area contributed by atoms with Crippen LogP contribution < -0.4 is 0 Å². The van der Waals surface area contributed by atoms with E-state index in [2.05, 4.69) is 9.97 Å². The fourth-order valence-corrected chi connectivity index (χ4v) is 6.32. The normalized spacial score (nSPS) is 16.7. The quantitative estimate of drug-likeness (QED) is 0.158. The van der Waals surface area contributed by atoms with Gasteiger partial charge in [0.05, 0.1) is 11.1 Å². The maximum atomic E-state index is 13.2. The number of likely N-dealkylation sites (tertiary alicyclic amines) is 1. The van der Waals surface area contributed by atoms with Gasteiger partial charge in [-0.3, -0.25) is 4.90 Å². The van der Waals surface area contributed by atoms with Gasteiger partial charge in [0.15, 0.2) is 23.4 Å². The second-order valence-corrected chi connectivity index (χ2v) is 12.6. The molecule has 2 aromatic heterocycles. The number of nitrogens with zero attached hydrogens (tertiary/aromatic N) is 3. The number of fused-ring (bicyclic) bond motifs is 2. The molecule has 0 radical (unpaired) electrons. The summed E-state index contributed by atoms with van der Waals surface area (Å²) in [4.78, 5) is 37.3. The number of aromatic nitrogens is 2. The van der Waals surface area contributed by atoms with E-state index in [1.165, 1.54) is 0 Å². The molecule has 7 rings (SSSR count). The number of hydrogen-bond acceptors (Lipinski definition) is 9. The molecule has 0 N–H and O–H groups in total. The Morgan fingerprint density at radius 2 is 1.04 bits per heavy atom. The largest absolute Gasteiger partial charge is 0.453 e. The van der Waals surface area contributed by atoms with E-state index in [4.69, 9.17) is 64.7 Å². The van der Waals surface area contributed by atoms with Gasteiger partial charge >= 0.3 is 11.9 Å². The Bertz CT molecular complexity index is 1970. The van der Waals surface area contributed by atoms with Crippen molar-refractivity contribution >= 4 is 80.5 Å². The summed E-state index contributed by atoms with van der Waals surface area (Å²) in [5.41, 5.74) is 3.58. The predicted molar refractivity (Wildman–Crippen MR) is 175 cm³/mol. The minimum atomic E-state index is -0.704. The van der Waals surface area contributed by atoms with Gasteiger partial charge in [-0.2, -0.15) is 0 Å². The Labute approximate surface area is 281 Å². The monoisotopic (exact) mass is 695 g/mol. The van der Waals surface area contributed by atoms with Crippen molar-refractivity contribution in [3.05, 3.63) is 104 Å². The zero-order chi connectivity index (χ0) is 32.1. The molecular formula is C33H21Cl4N3O6. The van der Waals surface area contributed by atoms with Gasteiger partial charge in [0.2, 0.25) is 11.8 Å². The van der Waals surface area contributed by atoms with Gasteiger partial charge in [-0.05, 0) is 79.8 Å². The molecule has 9 nitrogen and oxygen atoms in total. The first-order valence-corrected chi connectivity index (χ1v) is 15.4. The molecule has 0 unspecified atom stereocenters. The van der Waals surface area contributed by atoms with E-state index in [1.54, 1.807) is 72.8 Å². The van der Waals surface area contributed by atoms with E-state index in [0.29, 0.717) is 78.3 Å². The molecule has 4 aromatic carbocycles. The van der Waals surface area contributed by atoms with E-state index >= 15 is 0 Å². The molecule has 46 heavy (non-hydrogen) atoms. The smallest absolute Gasteiger partial charge is 0.338 e. The van der Waals surface area contributed by atoms with Gasteiger partial charge in [0.25, 0.3) is 0 Å². The molecule has 6 aromatic rings. The van der Waals surface area contributed by atoms with E-state index in [9.17, 15) is 9.59 Å². The highest BCUT2D eigenvalue weighted by atomic mass is 35.5. The van der Waals surface area contributed by atoms with Crippen molar-refractivity contribution in [3.8, 4) is 22.9 Å². The van der Waals surface area contributed by atoms with Gasteiger partial charge in [0, 0.05) is 44.3 Å². The van der Waals surface area contributed by atoms with Crippen LogP contribution in [0.15, 0.2) is 81.6 Å². The Balaban J connectivity index is 1.06. The van der Waals surface area contributed by atoms with Crippen molar-refractivity contribution in [3.63, 3.8) is 0 Å². The van der Waals surface area contributed by atoms with Crippen LogP contribution >= 0.6 is 46.4 Å². The van der Waals surface area contributed by atoms with Gasteiger partial charge in [0.1, 0.15) is 11.0 Å². The number of hydrogen-bond donors (Lipinski definition) is 0. The molecule has 0 bridgehead atoms. The third-order valence-corrected chi connectivity index (χ3v) is 8.25. The predicted octanol–water partition coefficient (Wildman–Crippen LogP) is 8.61. The minimum absolute atomic E-state index is 0.256. The average molecular weight is 697 g/mol. The fourth-order valence-electron chi connectivity index (χ4n) is 5.27. The molecule has 0 saturated carbocycles. The van der Waals surface area contributed by atoms with Gasteiger partial charge in [-0.15, -0.1) is 0 Å². The summed E-state index contributed by atoms with van der Waals surface area (Å²) in [6.45, 7) is 0.751. The third-order valence-electron chi connectivity index (χ3n) is 7.38. The van der Waals surface area contributed by atoms with Crippen LogP contribution in [0.3, 0.4) is 0 Å². The number of rotatable bonds is 6. The van der Waals surface area contributed by atoms with Crippen LogP contribution in [0.2, 0.25) is 20.1 Å². The van der Waals surface area contributed by atoms with Crippen LogP contribution in [0.4, 0.5) is 0 Å². The first-order chi connectivity index (χ1) is 22.1. The molecular weight excluding hydrogens is 676 g/mol. The summed E-state index contributed by atoms with van der Waals surface area (Å²) >= 11 is 24.5. The van der Waals surface area contributed by atoms with Gasteiger partial charge in [-0.25, -0.2) is 19.6 Å². The summed E-state index contributed by atoms with van der Waals surface area (Å²) in [5.74, 6) is -0.571. The van der Waals surface area contributed by atoms with E-state index < -0.39 is 24.1 Å². The summed E-state index contributed by atoms with van der Waals surface area (Å²) in [5, 5.41) is 1.77.